The smallest absolute Gasteiger partial charge is 0.225 e. The minimum Gasteiger partial charge on any atom is -0.467 e. The third-order valence-electron chi connectivity index (χ3n) is 3.03. The zero-order valence-corrected chi connectivity index (χ0v) is 11.7. The van der Waals surface area contributed by atoms with Crippen molar-refractivity contribution in [2.75, 3.05) is 18.5 Å². The van der Waals surface area contributed by atoms with Gasteiger partial charge in [-0.15, -0.1) is 0 Å². The fourth-order valence-electron chi connectivity index (χ4n) is 1.91. The van der Waals surface area contributed by atoms with Crippen molar-refractivity contribution < 1.29 is 4.42 Å². The Kier molecular flexibility index (Phi) is 4.52. The van der Waals surface area contributed by atoms with Crippen molar-refractivity contribution in [2.45, 2.75) is 26.9 Å². The van der Waals surface area contributed by atoms with E-state index in [0.29, 0.717) is 6.54 Å². The van der Waals surface area contributed by atoms with Gasteiger partial charge in [-0.25, -0.2) is 9.97 Å². The van der Waals surface area contributed by atoms with Gasteiger partial charge in [0.25, 0.3) is 0 Å². The maximum atomic E-state index is 5.37. The van der Waals surface area contributed by atoms with Crippen LogP contribution < -0.4 is 10.2 Å². The molecular formula is C14H20N4O. The van der Waals surface area contributed by atoms with Gasteiger partial charge in [0.05, 0.1) is 12.8 Å². The Labute approximate surface area is 113 Å². The molecule has 0 saturated heterocycles. The average molecular weight is 260 g/mol. The summed E-state index contributed by atoms with van der Waals surface area (Å²) in [5.41, 5.74) is 2.14. The van der Waals surface area contributed by atoms with Crippen LogP contribution in [0, 0.1) is 6.92 Å². The van der Waals surface area contributed by atoms with Crippen molar-refractivity contribution >= 4 is 5.95 Å². The fraction of sp³-hybridized carbons (Fsp3) is 0.429. The highest BCUT2D eigenvalue weighted by Gasteiger charge is 2.11. The first-order valence-corrected chi connectivity index (χ1v) is 6.49. The summed E-state index contributed by atoms with van der Waals surface area (Å²) in [5, 5.41) is 3.12. The Bertz CT molecular complexity index is 510. The van der Waals surface area contributed by atoms with Crippen LogP contribution in [-0.2, 0) is 13.1 Å². The van der Waals surface area contributed by atoms with Crippen LogP contribution in [0.1, 0.15) is 23.9 Å². The van der Waals surface area contributed by atoms with Crippen LogP contribution in [-0.4, -0.2) is 23.6 Å². The number of anilines is 1. The van der Waals surface area contributed by atoms with Crippen molar-refractivity contribution in [1.82, 2.24) is 15.3 Å². The van der Waals surface area contributed by atoms with E-state index in [2.05, 4.69) is 27.1 Å². The lowest BCUT2D eigenvalue weighted by atomic mass is 10.2. The highest BCUT2D eigenvalue weighted by atomic mass is 16.3. The zero-order chi connectivity index (χ0) is 13.7. The molecule has 0 bridgehead atoms. The Morgan fingerprint density at radius 1 is 1.42 bits per heavy atom. The molecule has 0 atom stereocenters. The lowest BCUT2D eigenvalue weighted by Crippen LogP contribution is -2.24. The lowest BCUT2D eigenvalue weighted by Gasteiger charge is -2.20. The molecule has 102 valence electrons. The molecule has 0 unspecified atom stereocenters. The molecule has 0 aliphatic carbocycles. The molecule has 0 spiro atoms. The van der Waals surface area contributed by atoms with E-state index in [1.165, 1.54) is 0 Å². The van der Waals surface area contributed by atoms with Crippen molar-refractivity contribution in [1.29, 1.82) is 0 Å². The molecule has 0 aromatic carbocycles. The van der Waals surface area contributed by atoms with Crippen molar-refractivity contribution in [2.24, 2.45) is 0 Å². The minimum absolute atomic E-state index is 0.689. The highest BCUT2D eigenvalue weighted by Crippen LogP contribution is 2.14. The lowest BCUT2D eigenvalue weighted by molar-refractivity contribution is 0.501. The van der Waals surface area contributed by atoms with Crippen LogP contribution in [0.4, 0.5) is 5.95 Å². The van der Waals surface area contributed by atoms with Gasteiger partial charge >= 0.3 is 0 Å². The third-order valence-corrected chi connectivity index (χ3v) is 3.03. The second-order valence-corrected chi connectivity index (χ2v) is 4.40. The minimum atomic E-state index is 0.689. The molecule has 0 fully saturated rings. The molecule has 2 rings (SSSR count). The number of aryl methyl sites for hydroxylation is 1. The van der Waals surface area contributed by atoms with E-state index in [0.717, 1.165) is 36.1 Å². The van der Waals surface area contributed by atoms with Gasteiger partial charge in [-0.2, -0.15) is 0 Å². The molecule has 5 nitrogen and oxygen atoms in total. The molecule has 19 heavy (non-hydrogen) atoms. The summed E-state index contributed by atoms with van der Waals surface area (Å²) >= 11 is 0. The van der Waals surface area contributed by atoms with E-state index in [1.54, 1.807) is 6.26 Å². The Morgan fingerprint density at radius 2 is 2.26 bits per heavy atom. The largest absolute Gasteiger partial charge is 0.467 e. The summed E-state index contributed by atoms with van der Waals surface area (Å²) in [6.45, 7) is 6.41. The third kappa shape index (κ3) is 3.32. The standard InChI is InChI=1S/C14H20N4O/c1-4-18(10-13-6-5-7-19-13)14-16-9-12(8-15-3)11(2)17-14/h5-7,9,15H,4,8,10H2,1-3H3. The van der Waals surface area contributed by atoms with E-state index in [4.69, 9.17) is 4.42 Å². The Balaban J connectivity index is 2.16. The summed E-state index contributed by atoms with van der Waals surface area (Å²) in [5.74, 6) is 1.67. The molecule has 1 N–H and O–H groups in total. The fourth-order valence-corrected chi connectivity index (χ4v) is 1.91. The van der Waals surface area contributed by atoms with Crippen LogP contribution in [0.25, 0.3) is 0 Å². The molecule has 2 aromatic heterocycles. The van der Waals surface area contributed by atoms with Gasteiger partial charge < -0.3 is 14.6 Å². The maximum absolute atomic E-state index is 5.37. The van der Waals surface area contributed by atoms with Crippen LogP contribution >= 0.6 is 0 Å². The Hall–Kier alpha value is -1.88. The van der Waals surface area contributed by atoms with Gasteiger partial charge in [0.1, 0.15) is 5.76 Å². The van der Waals surface area contributed by atoms with E-state index >= 15 is 0 Å². The van der Waals surface area contributed by atoms with Crippen LogP contribution in [0.3, 0.4) is 0 Å². The van der Waals surface area contributed by atoms with Gasteiger partial charge in [-0.05, 0) is 33.0 Å². The van der Waals surface area contributed by atoms with Gasteiger partial charge in [-0.1, -0.05) is 0 Å². The summed E-state index contributed by atoms with van der Waals surface area (Å²) < 4.78 is 5.37. The van der Waals surface area contributed by atoms with Crippen LogP contribution in [0.5, 0.6) is 0 Å². The SMILES string of the molecule is CCN(Cc1ccco1)c1ncc(CNC)c(C)n1. The molecule has 0 amide bonds. The van der Waals surface area contributed by atoms with Crippen molar-refractivity contribution in [3.8, 4) is 0 Å². The number of furan rings is 1. The van der Waals surface area contributed by atoms with Crippen LogP contribution in [0.15, 0.2) is 29.0 Å². The molecule has 0 radical (unpaired) electrons. The van der Waals surface area contributed by atoms with Crippen molar-refractivity contribution in [3.05, 3.63) is 41.6 Å². The molecule has 2 aromatic rings. The normalized spacial score (nSPS) is 10.7. The topological polar surface area (TPSA) is 54.2 Å². The summed E-state index contributed by atoms with van der Waals surface area (Å²) in [4.78, 5) is 11.1. The maximum Gasteiger partial charge on any atom is 0.225 e. The van der Waals surface area contributed by atoms with Gasteiger partial charge in [-0.3, -0.25) is 0 Å². The number of nitrogens with one attached hydrogen (secondary N) is 1. The second-order valence-electron chi connectivity index (χ2n) is 4.40. The molecule has 0 aliphatic heterocycles. The van der Waals surface area contributed by atoms with E-state index in [9.17, 15) is 0 Å². The van der Waals surface area contributed by atoms with Crippen molar-refractivity contribution in [3.63, 3.8) is 0 Å². The molecule has 5 heteroatoms. The van der Waals surface area contributed by atoms with Gasteiger partial charge in [0, 0.05) is 30.5 Å². The average Bonchev–Trinajstić information content (AvgIpc) is 2.91. The number of hydrogen-bond acceptors (Lipinski definition) is 5. The van der Waals surface area contributed by atoms with Crippen LogP contribution in [0.2, 0.25) is 0 Å². The first-order valence-electron chi connectivity index (χ1n) is 6.49. The molecular weight excluding hydrogens is 240 g/mol. The number of nitrogens with zero attached hydrogens (tertiary/aromatic N) is 3. The molecule has 0 aliphatic rings. The summed E-state index contributed by atoms with van der Waals surface area (Å²) in [7, 11) is 1.92. The second kappa shape index (κ2) is 6.33. The first-order chi connectivity index (χ1) is 9.24. The van der Waals surface area contributed by atoms with Gasteiger partial charge in [0.2, 0.25) is 5.95 Å². The van der Waals surface area contributed by atoms with E-state index in [1.807, 2.05) is 32.3 Å². The van der Waals surface area contributed by atoms with Gasteiger partial charge in [0.15, 0.2) is 0 Å². The summed E-state index contributed by atoms with van der Waals surface area (Å²) in [6.07, 6.45) is 3.57. The summed E-state index contributed by atoms with van der Waals surface area (Å²) in [6, 6.07) is 3.86. The van der Waals surface area contributed by atoms with E-state index < -0.39 is 0 Å². The first kappa shape index (κ1) is 13.5. The predicted octanol–water partition coefficient (Wildman–Crippen LogP) is 2.12. The predicted molar refractivity (Wildman–Crippen MR) is 75.0 cm³/mol. The Morgan fingerprint density at radius 3 is 2.84 bits per heavy atom. The number of aromatic nitrogens is 2. The molecule has 0 saturated carbocycles. The highest BCUT2D eigenvalue weighted by molar-refractivity contribution is 5.33. The van der Waals surface area contributed by atoms with E-state index in [-0.39, 0.29) is 0 Å². The number of hydrogen-bond donors (Lipinski definition) is 1. The zero-order valence-electron chi connectivity index (χ0n) is 11.7. The quantitative estimate of drug-likeness (QED) is 0.862. The molecule has 2 heterocycles. The number of rotatable bonds is 6. The monoisotopic (exact) mass is 260 g/mol.